The largest absolute Gasteiger partial charge is 0.497 e. The van der Waals surface area contributed by atoms with Crippen LogP contribution in [-0.2, 0) is 10.0 Å². The number of hydrogen-bond acceptors (Lipinski definition) is 7. The lowest BCUT2D eigenvalue weighted by molar-refractivity contribution is 0.414. The highest BCUT2D eigenvalue weighted by Gasteiger charge is 2.15. The van der Waals surface area contributed by atoms with Crippen molar-refractivity contribution in [3.05, 3.63) is 85.2 Å². The summed E-state index contributed by atoms with van der Waals surface area (Å²) in [7, 11) is -2.19. The fraction of sp³-hybridized carbons (Fsp3) is 0.0435. The predicted octanol–water partition coefficient (Wildman–Crippen LogP) is 3.66. The molecule has 0 amide bonds. The first-order chi connectivity index (χ1) is 16.0. The van der Waals surface area contributed by atoms with Crippen LogP contribution in [0.4, 0.5) is 5.69 Å². The van der Waals surface area contributed by atoms with E-state index in [0.717, 1.165) is 11.1 Å². The van der Waals surface area contributed by atoms with Crippen LogP contribution in [0.5, 0.6) is 5.75 Å². The van der Waals surface area contributed by atoms with E-state index in [1.54, 1.807) is 53.3 Å². The Labute approximate surface area is 189 Å². The van der Waals surface area contributed by atoms with E-state index >= 15 is 0 Å². The van der Waals surface area contributed by atoms with E-state index in [1.165, 1.54) is 19.2 Å². The maximum absolute atomic E-state index is 12.7. The molecule has 0 bridgehead atoms. The molecule has 0 fully saturated rings. The lowest BCUT2D eigenvalue weighted by Crippen LogP contribution is -2.12. The van der Waals surface area contributed by atoms with E-state index in [0.29, 0.717) is 28.6 Å². The fourth-order valence-corrected chi connectivity index (χ4v) is 4.36. The molecule has 3 aromatic heterocycles. The molecule has 0 aliphatic carbocycles. The molecule has 5 aromatic rings. The molecular weight excluding hydrogens is 440 g/mol. The number of fused-ring (bicyclic) bond motifs is 1. The zero-order chi connectivity index (χ0) is 22.8. The van der Waals surface area contributed by atoms with Gasteiger partial charge in [0.2, 0.25) is 0 Å². The average molecular weight is 459 g/mol. The quantitative estimate of drug-likeness (QED) is 0.413. The Kier molecular flexibility index (Phi) is 5.19. The first kappa shape index (κ1) is 20.6. The number of aromatic nitrogens is 5. The molecule has 3 heterocycles. The second kappa shape index (κ2) is 8.32. The van der Waals surface area contributed by atoms with Gasteiger partial charge in [-0.05, 0) is 60.7 Å². The molecule has 0 saturated heterocycles. The summed E-state index contributed by atoms with van der Waals surface area (Å²) >= 11 is 0. The molecule has 164 valence electrons. The fourth-order valence-electron chi connectivity index (χ4n) is 3.30. The highest BCUT2D eigenvalue weighted by atomic mass is 32.2. The zero-order valence-corrected chi connectivity index (χ0v) is 18.3. The highest BCUT2D eigenvalue weighted by Crippen LogP contribution is 2.24. The smallest absolute Gasteiger partial charge is 0.261 e. The van der Waals surface area contributed by atoms with E-state index in [4.69, 9.17) is 4.74 Å². The molecule has 5 rings (SSSR count). The van der Waals surface area contributed by atoms with Gasteiger partial charge in [0.25, 0.3) is 10.0 Å². The van der Waals surface area contributed by atoms with Gasteiger partial charge in [-0.25, -0.2) is 8.42 Å². The standard InChI is InChI=1S/C23H18N6O3S/c1-32-19-6-8-20(9-7-19)33(30,31)28-18-4-2-16(3-5-18)21-10-11-22-25-26-23(29(22)27-21)17-12-14-24-15-13-17/h2-15,28H,1H3. The summed E-state index contributed by atoms with van der Waals surface area (Å²) in [4.78, 5) is 4.18. The van der Waals surface area contributed by atoms with Gasteiger partial charge in [0, 0.05) is 29.2 Å². The van der Waals surface area contributed by atoms with Crippen molar-refractivity contribution in [3.63, 3.8) is 0 Å². The van der Waals surface area contributed by atoms with E-state index in [-0.39, 0.29) is 4.90 Å². The summed E-state index contributed by atoms with van der Waals surface area (Å²) in [5.74, 6) is 1.20. The third kappa shape index (κ3) is 4.11. The van der Waals surface area contributed by atoms with Crippen molar-refractivity contribution in [2.24, 2.45) is 0 Å². The first-order valence-corrected chi connectivity index (χ1v) is 11.4. The van der Waals surface area contributed by atoms with Crippen molar-refractivity contribution in [2.45, 2.75) is 4.90 Å². The Hall–Kier alpha value is -4.31. The number of sulfonamides is 1. The molecule has 0 unspecified atom stereocenters. The van der Waals surface area contributed by atoms with Gasteiger partial charge in [-0.15, -0.1) is 10.2 Å². The van der Waals surface area contributed by atoms with E-state index in [9.17, 15) is 8.42 Å². The summed E-state index contributed by atoms with van der Waals surface area (Å²) in [6, 6.07) is 20.5. The van der Waals surface area contributed by atoms with E-state index < -0.39 is 10.0 Å². The van der Waals surface area contributed by atoms with Crippen LogP contribution in [0, 0.1) is 0 Å². The molecule has 0 spiro atoms. The highest BCUT2D eigenvalue weighted by molar-refractivity contribution is 7.92. The van der Waals surface area contributed by atoms with Gasteiger partial charge < -0.3 is 4.74 Å². The molecule has 1 N–H and O–H groups in total. The van der Waals surface area contributed by atoms with Crippen LogP contribution in [0.25, 0.3) is 28.3 Å². The number of anilines is 1. The maximum Gasteiger partial charge on any atom is 0.261 e. The monoisotopic (exact) mass is 458 g/mol. The van der Waals surface area contributed by atoms with Gasteiger partial charge in [-0.1, -0.05) is 12.1 Å². The van der Waals surface area contributed by atoms with Crippen LogP contribution in [0.15, 0.2) is 90.1 Å². The molecule has 9 nitrogen and oxygen atoms in total. The summed E-state index contributed by atoms with van der Waals surface area (Å²) in [5.41, 5.74) is 3.43. The predicted molar refractivity (Wildman–Crippen MR) is 123 cm³/mol. The number of ether oxygens (including phenoxy) is 1. The normalized spacial score (nSPS) is 11.4. The zero-order valence-electron chi connectivity index (χ0n) is 17.5. The topological polar surface area (TPSA) is 111 Å². The average Bonchev–Trinajstić information content (AvgIpc) is 3.28. The maximum atomic E-state index is 12.7. The summed E-state index contributed by atoms with van der Waals surface area (Å²) in [5, 5.41) is 13.1. The van der Waals surface area contributed by atoms with Crippen LogP contribution in [0.2, 0.25) is 0 Å². The summed E-state index contributed by atoms with van der Waals surface area (Å²) < 4.78 is 34.7. The Bertz CT molecular complexity index is 1520. The Morgan fingerprint density at radius 1 is 0.818 bits per heavy atom. The molecule has 33 heavy (non-hydrogen) atoms. The summed E-state index contributed by atoms with van der Waals surface area (Å²) in [6.45, 7) is 0. The molecule has 0 radical (unpaired) electrons. The van der Waals surface area contributed by atoms with Gasteiger partial charge in [-0.2, -0.15) is 9.61 Å². The van der Waals surface area contributed by atoms with Gasteiger partial charge in [0.1, 0.15) is 5.75 Å². The molecular formula is C23H18N6O3S. The van der Waals surface area contributed by atoms with Gasteiger partial charge >= 0.3 is 0 Å². The SMILES string of the molecule is COc1ccc(S(=O)(=O)Nc2ccc(-c3ccc4nnc(-c5ccncc5)n4n3)cc2)cc1. The molecule has 0 atom stereocenters. The van der Waals surface area contributed by atoms with Crippen molar-refractivity contribution in [1.29, 1.82) is 0 Å². The number of pyridine rings is 1. The van der Waals surface area contributed by atoms with Crippen molar-refractivity contribution < 1.29 is 13.2 Å². The number of benzene rings is 2. The first-order valence-electron chi connectivity index (χ1n) is 9.94. The number of nitrogens with one attached hydrogen (secondary N) is 1. The van der Waals surface area contributed by atoms with Crippen LogP contribution >= 0.6 is 0 Å². The van der Waals surface area contributed by atoms with E-state index in [1.807, 2.05) is 24.3 Å². The number of hydrogen-bond donors (Lipinski definition) is 1. The molecule has 0 saturated carbocycles. The second-order valence-corrected chi connectivity index (χ2v) is 8.79. The van der Waals surface area contributed by atoms with Gasteiger partial charge in [0.15, 0.2) is 11.5 Å². The molecule has 0 aliphatic heterocycles. The number of nitrogens with zero attached hydrogens (tertiary/aromatic N) is 5. The Morgan fingerprint density at radius 3 is 2.24 bits per heavy atom. The van der Waals surface area contributed by atoms with Crippen molar-refractivity contribution in [1.82, 2.24) is 24.8 Å². The van der Waals surface area contributed by atoms with Crippen molar-refractivity contribution in [2.75, 3.05) is 11.8 Å². The van der Waals surface area contributed by atoms with Gasteiger partial charge in [-0.3, -0.25) is 9.71 Å². The van der Waals surface area contributed by atoms with Gasteiger partial charge in [0.05, 0.1) is 17.7 Å². The third-order valence-electron chi connectivity index (χ3n) is 5.00. The van der Waals surface area contributed by atoms with Crippen LogP contribution in [-0.4, -0.2) is 40.3 Å². The van der Waals surface area contributed by atoms with E-state index in [2.05, 4.69) is 25.0 Å². The number of rotatable bonds is 6. The van der Waals surface area contributed by atoms with Crippen LogP contribution in [0.3, 0.4) is 0 Å². The summed E-state index contributed by atoms with van der Waals surface area (Å²) in [6.07, 6.45) is 3.37. The lowest BCUT2D eigenvalue weighted by atomic mass is 10.1. The molecule has 0 aliphatic rings. The lowest BCUT2D eigenvalue weighted by Gasteiger charge is -2.09. The third-order valence-corrected chi connectivity index (χ3v) is 6.40. The van der Waals surface area contributed by atoms with Crippen LogP contribution < -0.4 is 9.46 Å². The minimum atomic E-state index is -3.72. The molecule has 10 heteroatoms. The van der Waals surface area contributed by atoms with Crippen molar-refractivity contribution in [3.8, 4) is 28.4 Å². The minimum Gasteiger partial charge on any atom is -0.497 e. The van der Waals surface area contributed by atoms with Crippen molar-refractivity contribution >= 4 is 21.4 Å². The minimum absolute atomic E-state index is 0.149. The molecule has 2 aromatic carbocycles. The Balaban J connectivity index is 1.41. The second-order valence-electron chi connectivity index (χ2n) is 7.11. The van der Waals surface area contributed by atoms with Crippen LogP contribution in [0.1, 0.15) is 0 Å². The number of methoxy groups -OCH3 is 1. The Morgan fingerprint density at radius 2 is 1.55 bits per heavy atom.